The molecule has 2 aromatic rings. The molecule has 0 saturated heterocycles. The molecular weight excluding hydrogens is 242 g/mol. The van der Waals surface area contributed by atoms with Crippen LogP contribution < -0.4 is 10.1 Å². The van der Waals surface area contributed by atoms with Crippen LogP contribution in [0.2, 0.25) is 0 Å². The molecule has 1 aliphatic carbocycles. The minimum absolute atomic E-state index is 0.178. The fraction of sp³-hybridized carbons (Fsp3) is 0.615. The van der Waals surface area contributed by atoms with E-state index >= 15 is 0 Å². The van der Waals surface area contributed by atoms with Gasteiger partial charge in [0.1, 0.15) is 17.8 Å². The molecule has 102 valence electrons. The smallest absolute Gasteiger partial charge is 0.228 e. The Morgan fingerprint density at radius 3 is 3.00 bits per heavy atom. The number of likely N-dealkylation sites (N-methyl/N-ethyl adjacent to an activating group) is 1. The van der Waals surface area contributed by atoms with E-state index in [9.17, 15) is 0 Å². The number of aromatic nitrogens is 4. The van der Waals surface area contributed by atoms with Crippen molar-refractivity contribution in [3.63, 3.8) is 0 Å². The lowest BCUT2D eigenvalue weighted by molar-refractivity contribution is 0.114. The third kappa shape index (κ3) is 2.28. The van der Waals surface area contributed by atoms with Crippen LogP contribution in [0.15, 0.2) is 12.5 Å². The summed E-state index contributed by atoms with van der Waals surface area (Å²) in [5.41, 5.74) is 0.807. The van der Waals surface area contributed by atoms with Crippen molar-refractivity contribution in [1.82, 2.24) is 25.1 Å². The summed E-state index contributed by atoms with van der Waals surface area (Å²) in [6, 6.07) is 0.399. The van der Waals surface area contributed by atoms with Gasteiger partial charge in [0.25, 0.3) is 0 Å². The third-order valence-electron chi connectivity index (χ3n) is 3.83. The highest BCUT2D eigenvalue weighted by atomic mass is 16.5. The van der Waals surface area contributed by atoms with Crippen LogP contribution in [0.4, 0.5) is 0 Å². The summed E-state index contributed by atoms with van der Waals surface area (Å²) >= 11 is 0. The maximum atomic E-state index is 6.12. The van der Waals surface area contributed by atoms with Crippen molar-refractivity contribution in [1.29, 1.82) is 0 Å². The zero-order chi connectivity index (χ0) is 13.2. The first kappa shape index (κ1) is 12.3. The summed E-state index contributed by atoms with van der Waals surface area (Å²) in [5.74, 6) is 0.644. The minimum atomic E-state index is 0.178. The van der Waals surface area contributed by atoms with E-state index in [4.69, 9.17) is 4.74 Å². The summed E-state index contributed by atoms with van der Waals surface area (Å²) in [6.07, 6.45) is 8.18. The molecule has 2 heterocycles. The van der Waals surface area contributed by atoms with Crippen molar-refractivity contribution in [3.05, 3.63) is 12.5 Å². The number of hydrogen-bond donors (Lipinski definition) is 1. The molecule has 2 unspecified atom stereocenters. The summed E-state index contributed by atoms with van der Waals surface area (Å²) in [6.45, 7) is 0. The third-order valence-corrected chi connectivity index (χ3v) is 3.83. The van der Waals surface area contributed by atoms with Gasteiger partial charge in [0, 0.05) is 13.1 Å². The zero-order valence-electron chi connectivity index (χ0n) is 11.3. The topological polar surface area (TPSA) is 64.9 Å². The fourth-order valence-corrected chi connectivity index (χ4v) is 2.75. The van der Waals surface area contributed by atoms with Gasteiger partial charge in [-0.05, 0) is 26.3 Å². The number of hydrogen-bond acceptors (Lipinski definition) is 5. The molecule has 0 aromatic carbocycles. The van der Waals surface area contributed by atoms with Gasteiger partial charge in [-0.25, -0.2) is 9.97 Å². The van der Waals surface area contributed by atoms with E-state index in [1.165, 1.54) is 19.2 Å². The molecular formula is C13H19N5O. The van der Waals surface area contributed by atoms with Crippen molar-refractivity contribution >= 4 is 11.0 Å². The largest absolute Gasteiger partial charge is 0.472 e. The Bertz CT molecular complexity index is 567. The average Bonchev–Trinajstić information content (AvgIpc) is 2.82. The molecule has 3 rings (SSSR count). The summed E-state index contributed by atoms with van der Waals surface area (Å²) < 4.78 is 7.85. The lowest BCUT2D eigenvalue weighted by atomic mass is 9.92. The molecule has 1 N–H and O–H groups in total. The molecule has 2 aromatic heterocycles. The molecule has 1 fully saturated rings. The molecule has 0 spiro atoms. The molecule has 0 aliphatic heterocycles. The van der Waals surface area contributed by atoms with Gasteiger partial charge >= 0.3 is 0 Å². The predicted octanol–water partition coefficient (Wildman–Crippen LogP) is 1.27. The second-order valence-electron chi connectivity index (χ2n) is 5.02. The Balaban J connectivity index is 1.88. The van der Waals surface area contributed by atoms with Crippen LogP contribution in [0.1, 0.15) is 25.7 Å². The second kappa shape index (κ2) is 5.13. The van der Waals surface area contributed by atoms with E-state index in [2.05, 4.69) is 20.4 Å². The number of aryl methyl sites for hydroxylation is 1. The molecule has 0 radical (unpaired) electrons. The van der Waals surface area contributed by atoms with Crippen LogP contribution >= 0.6 is 0 Å². The van der Waals surface area contributed by atoms with Crippen molar-refractivity contribution in [2.75, 3.05) is 7.05 Å². The SMILES string of the molecule is CNC1CCCCC1Oc1ncnc2c1cnn2C. The van der Waals surface area contributed by atoms with Gasteiger partial charge in [-0.1, -0.05) is 6.42 Å². The first-order valence-corrected chi connectivity index (χ1v) is 6.76. The highest BCUT2D eigenvalue weighted by molar-refractivity contribution is 5.79. The maximum Gasteiger partial charge on any atom is 0.228 e. The number of rotatable bonds is 3. The van der Waals surface area contributed by atoms with E-state index in [1.807, 2.05) is 14.1 Å². The standard InChI is InChI=1S/C13H19N5O/c1-14-10-5-3-4-6-11(10)19-13-9-7-17-18(2)12(9)15-8-16-13/h7-8,10-11,14H,3-6H2,1-2H3. The van der Waals surface area contributed by atoms with Crippen molar-refractivity contribution < 1.29 is 4.74 Å². The van der Waals surface area contributed by atoms with Gasteiger partial charge in [-0.2, -0.15) is 5.10 Å². The van der Waals surface area contributed by atoms with Gasteiger partial charge < -0.3 is 10.1 Å². The van der Waals surface area contributed by atoms with Gasteiger partial charge in [-0.15, -0.1) is 0 Å². The molecule has 6 nitrogen and oxygen atoms in total. The van der Waals surface area contributed by atoms with Crippen molar-refractivity contribution in [2.45, 2.75) is 37.8 Å². The first-order valence-electron chi connectivity index (χ1n) is 6.76. The van der Waals surface area contributed by atoms with Gasteiger partial charge in [0.15, 0.2) is 5.65 Å². The van der Waals surface area contributed by atoms with Crippen LogP contribution in [-0.2, 0) is 7.05 Å². The molecule has 1 saturated carbocycles. The lowest BCUT2D eigenvalue weighted by Gasteiger charge is -2.31. The molecule has 6 heteroatoms. The van der Waals surface area contributed by atoms with Gasteiger partial charge in [0.05, 0.1) is 6.20 Å². The maximum absolute atomic E-state index is 6.12. The van der Waals surface area contributed by atoms with Crippen LogP contribution in [0.3, 0.4) is 0 Å². The van der Waals surface area contributed by atoms with Crippen molar-refractivity contribution in [2.24, 2.45) is 7.05 Å². The van der Waals surface area contributed by atoms with Crippen LogP contribution in [0.5, 0.6) is 5.88 Å². The lowest BCUT2D eigenvalue weighted by Crippen LogP contribution is -2.43. The molecule has 2 atom stereocenters. The first-order chi connectivity index (χ1) is 9.29. The average molecular weight is 261 g/mol. The Kier molecular flexibility index (Phi) is 3.33. The highest BCUT2D eigenvalue weighted by Crippen LogP contribution is 2.26. The molecule has 0 bridgehead atoms. The van der Waals surface area contributed by atoms with E-state index < -0.39 is 0 Å². The zero-order valence-corrected chi connectivity index (χ0v) is 11.3. The minimum Gasteiger partial charge on any atom is -0.472 e. The monoisotopic (exact) mass is 261 g/mol. The second-order valence-corrected chi connectivity index (χ2v) is 5.02. The predicted molar refractivity (Wildman–Crippen MR) is 72.0 cm³/mol. The summed E-state index contributed by atoms with van der Waals surface area (Å²) in [5, 5.41) is 8.43. The Morgan fingerprint density at radius 1 is 1.32 bits per heavy atom. The van der Waals surface area contributed by atoms with Crippen LogP contribution in [-0.4, -0.2) is 38.9 Å². The molecule has 0 amide bonds. The Labute approximate surface area is 112 Å². The van der Waals surface area contributed by atoms with Crippen LogP contribution in [0, 0.1) is 0 Å². The van der Waals surface area contributed by atoms with Crippen LogP contribution in [0.25, 0.3) is 11.0 Å². The Hall–Kier alpha value is -1.69. The van der Waals surface area contributed by atoms with E-state index in [0.29, 0.717) is 11.9 Å². The highest BCUT2D eigenvalue weighted by Gasteiger charge is 2.26. The molecule has 1 aliphatic rings. The fourth-order valence-electron chi connectivity index (χ4n) is 2.75. The number of nitrogens with zero attached hydrogens (tertiary/aromatic N) is 4. The van der Waals surface area contributed by atoms with E-state index in [0.717, 1.165) is 23.9 Å². The quantitative estimate of drug-likeness (QED) is 0.901. The van der Waals surface area contributed by atoms with Gasteiger partial charge in [-0.3, -0.25) is 4.68 Å². The molecule has 19 heavy (non-hydrogen) atoms. The number of nitrogens with one attached hydrogen (secondary N) is 1. The summed E-state index contributed by atoms with van der Waals surface area (Å²) in [7, 11) is 3.86. The summed E-state index contributed by atoms with van der Waals surface area (Å²) in [4.78, 5) is 8.50. The van der Waals surface area contributed by atoms with Gasteiger partial charge in [0.2, 0.25) is 5.88 Å². The Morgan fingerprint density at radius 2 is 2.16 bits per heavy atom. The van der Waals surface area contributed by atoms with E-state index in [-0.39, 0.29) is 6.10 Å². The number of fused-ring (bicyclic) bond motifs is 1. The van der Waals surface area contributed by atoms with Crippen molar-refractivity contribution in [3.8, 4) is 5.88 Å². The normalized spacial score (nSPS) is 23.7. The number of ether oxygens (including phenoxy) is 1. The van der Waals surface area contributed by atoms with E-state index in [1.54, 1.807) is 10.9 Å².